The lowest BCUT2D eigenvalue weighted by atomic mass is 9.85. The van der Waals surface area contributed by atoms with E-state index in [1.807, 2.05) is 6.07 Å². The molecule has 22 heavy (non-hydrogen) atoms. The van der Waals surface area contributed by atoms with Gasteiger partial charge in [0.1, 0.15) is 0 Å². The Kier molecular flexibility index (Phi) is 4.73. The van der Waals surface area contributed by atoms with Crippen molar-refractivity contribution in [2.75, 3.05) is 6.54 Å². The van der Waals surface area contributed by atoms with Gasteiger partial charge in [-0.3, -0.25) is 0 Å². The van der Waals surface area contributed by atoms with E-state index in [-0.39, 0.29) is 5.41 Å². The van der Waals surface area contributed by atoms with Gasteiger partial charge in [0.15, 0.2) is 0 Å². The fraction of sp³-hybridized carbons (Fsp3) is 0.375. The van der Waals surface area contributed by atoms with Crippen molar-refractivity contribution in [1.82, 2.24) is 4.72 Å². The highest BCUT2D eigenvalue weighted by Crippen LogP contribution is 2.42. The summed E-state index contributed by atoms with van der Waals surface area (Å²) in [5, 5.41) is 2.07. The molecule has 0 unspecified atom stereocenters. The fourth-order valence-corrected chi connectivity index (χ4v) is 5.45. The second-order valence-electron chi connectivity index (χ2n) is 5.74. The number of nitrogens with one attached hydrogen (secondary N) is 1. The molecule has 118 valence electrons. The highest BCUT2D eigenvalue weighted by molar-refractivity contribution is 9.10. The van der Waals surface area contributed by atoms with Crippen molar-refractivity contribution in [1.29, 1.82) is 0 Å². The van der Waals surface area contributed by atoms with Crippen molar-refractivity contribution in [3.8, 4) is 0 Å². The van der Waals surface area contributed by atoms with Crippen LogP contribution in [0.4, 0.5) is 0 Å². The molecule has 2 aromatic rings. The van der Waals surface area contributed by atoms with Crippen LogP contribution in [0, 0.1) is 0 Å². The standard InChI is InChI=1S/C16H18BrNO2S2/c17-13-5-7-14(8-6-13)22(19,20)18-12-16(9-1-2-10-16)15-4-3-11-21-15/h3-8,11,18H,1-2,9-10,12H2. The normalized spacial score (nSPS) is 17.7. The van der Waals surface area contributed by atoms with Gasteiger partial charge in [-0.1, -0.05) is 34.8 Å². The minimum atomic E-state index is -3.46. The molecule has 1 fully saturated rings. The third-order valence-corrected chi connectivity index (χ3v) is 7.39. The van der Waals surface area contributed by atoms with Gasteiger partial charge >= 0.3 is 0 Å². The second-order valence-corrected chi connectivity index (χ2v) is 9.37. The third kappa shape index (κ3) is 3.30. The Bertz CT molecular complexity index is 718. The molecule has 0 radical (unpaired) electrons. The van der Waals surface area contributed by atoms with E-state index in [1.165, 1.54) is 4.88 Å². The topological polar surface area (TPSA) is 46.2 Å². The number of hydrogen-bond acceptors (Lipinski definition) is 3. The van der Waals surface area contributed by atoms with Crippen molar-refractivity contribution in [2.45, 2.75) is 36.0 Å². The summed E-state index contributed by atoms with van der Waals surface area (Å²) in [6.45, 7) is 0.478. The highest BCUT2D eigenvalue weighted by atomic mass is 79.9. The van der Waals surface area contributed by atoms with Crippen LogP contribution >= 0.6 is 27.3 Å². The maximum atomic E-state index is 12.5. The Labute approximate surface area is 143 Å². The second kappa shape index (κ2) is 6.43. The van der Waals surface area contributed by atoms with E-state index in [1.54, 1.807) is 35.6 Å². The smallest absolute Gasteiger partial charge is 0.210 e. The van der Waals surface area contributed by atoms with Crippen molar-refractivity contribution in [3.63, 3.8) is 0 Å². The fourth-order valence-electron chi connectivity index (χ4n) is 3.07. The highest BCUT2D eigenvalue weighted by Gasteiger charge is 2.37. The van der Waals surface area contributed by atoms with Crippen LogP contribution in [0.25, 0.3) is 0 Å². The van der Waals surface area contributed by atoms with Crippen LogP contribution < -0.4 is 4.72 Å². The van der Waals surface area contributed by atoms with Crippen molar-refractivity contribution in [2.24, 2.45) is 0 Å². The third-order valence-electron chi connectivity index (χ3n) is 4.33. The van der Waals surface area contributed by atoms with Crippen LogP contribution in [0.15, 0.2) is 51.1 Å². The SMILES string of the molecule is O=S(=O)(NCC1(c2cccs2)CCCC1)c1ccc(Br)cc1. The van der Waals surface area contributed by atoms with Gasteiger partial charge in [-0.15, -0.1) is 11.3 Å². The van der Waals surface area contributed by atoms with Crippen LogP contribution in [-0.4, -0.2) is 15.0 Å². The maximum absolute atomic E-state index is 12.5. The summed E-state index contributed by atoms with van der Waals surface area (Å²) in [4.78, 5) is 1.61. The molecule has 0 saturated heterocycles. The van der Waals surface area contributed by atoms with Gasteiger partial charge in [0, 0.05) is 21.3 Å². The number of benzene rings is 1. The first kappa shape index (κ1) is 16.2. The lowest BCUT2D eigenvalue weighted by Gasteiger charge is -2.28. The largest absolute Gasteiger partial charge is 0.240 e. The summed E-state index contributed by atoms with van der Waals surface area (Å²) >= 11 is 5.05. The maximum Gasteiger partial charge on any atom is 0.240 e. The molecule has 0 amide bonds. The summed E-state index contributed by atoms with van der Waals surface area (Å²) in [6.07, 6.45) is 4.43. The van der Waals surface area contributed by atoms with E-state index in [0.717, 1.165) is 30.2 Å². The van der Waals surface area contributed by atoms with Gasteiger partial charge in [-0.2, -0.15) is 0 Å². The van der Waals surface area contributed by atoms with Crippen LogP contribution in [0.5, 0.6) is 0 Å². The predicted octanol–water partition coefficient (Wildman–Crippen LogP) is 4.30. The molecule has 1 N–H and O–H groups in total. The van der Waals surface area contributed by atoms with E-state index in [4.69, 9.17) is 0 Å². The molecule has 0 aliphatic heterocycles. The average Bonchev–Trinajstić information content (AvgIpc) is 3.18. The summed E-state index contributed by atoms with van der Waals surface area (Å²) in [7, 11) is -3.46. The van der Waals surface area contributed by atoms with Gasteiger partial charge in [-0.25, -0.2) is 13.1 Å². The molecule has 1 aromatic carbocycles. The van der Waals surface area contributed by atoms with E-state index in [2.05, 4.69) is 32.1 Å². The molecule has 1 heterocycles. The molecule has 6 heteroatoms. The van der Waals surface area contributed by atoms with Crippen LogP contribution in [0.2, 0.25) is 0 Å². The van der Waals surface area contributed by atoms with Crippen LogP contribution in [-0.2, 0) is 15.4 Å². The molecule has 0 atom stereocenters. The Morgan fingerprint density at radius 1 is 1.14 bits per heavy atom. The van der Waals surface area contributed by atoms with Gasteiger partial charge in [0.2, 0.25) is 10.0 Å². The van der Waals surface area contributed by atoms with Crippen LogP contribution in [0.3, 0.4) is 0 Å². The van der Waals surface area contributed by atoms with E-state index < -0.39 is 10.0 Å². The zero-order chi connectivity index (χ0) is 15.6. The van der Waals surface area contributed by atoms with Gasteiger partial charge < -0.3 is 0 Å². The summed E-state index contributed by atoms with van der Waals surface area (Å²) in [6, 6.07) is 10.9. The first-order valence-corrected chi connectivity index (χ1v) is 10.5. The first-order chi connectivity index (χ1) is 10.5. The first-order valence-electron chi connectivity index (χ1n) is 7.31. The Hall–Kier alpha value is -0.690. The van der Waals surface area contributed by atoms with E-state index >= 15 is 0 Å². The molecule has 3 nitrogen and oxygen atoms in total. The molecule has 3 rings (SSSR count). The molecule has 0 bridgehead atoms. The molecular formula is C16H18BrNO2S2. The molecule has 1 aliphatic carbocycles. The van der Waals surface area contributed by atoms with Gasteiger partial charge in [0.05, 0.1) is 4.90 Å². The van der Waals surface area contributed by atoms with Gasteiger partial charge in [0.25, 0.3) is 0 Å². The molecule has 1 saturated carbocycles. The number of halogens is 1. The Morgan fingerprint density at radius 3 is 2.41 bits per heavy atom. The summed E-state index contributed by atoms with van der Waals surface area (Å²) in [5.74, 6) is 0. The minimum Gasteiger partial charge on any atom is -0.210 e. The van der Waals surface area contributed by atoms with Gasteiger partial charge in [-0.05, 0) is 48.6 Å². The number of hydrogen-bond donors (Lipinski definition) is 1. The van der Waals surface area contributed by atoms with Crippen LogP contribution in [0.1, 0.15) is 30.6 Å². The minimum absolute atomic E-state index is 0.0312. The lowest BCUT2D eigenvalue weighted by Crippen LogP contribution is -2.38. The van der Waals surface area contributed by atoms with Crippen molar-refractivity contribution >= 4 is 37.3 Å². The molecule has 1 aliphatic rings. The quantitative estimate of drug-likeness (QED) is 0.814. The van der Waals surface area contributed by atoms with Crippen molar-refractivity contribution in [3.05, 3.63) is 51.1 Å². The zero-order valence-electron chi connectivity index (χ0n) is 12.1. The Morgan fingerprint density at radius 2 is 1.82 bits per heavy atom. The lowest BCUT2D eigenvalue weighted by molar-refractivity contribution is 0.440. The zero-order valence-corrected chi connectivity index (χ0v) is 15.3. The average molecular weight is 400 g/mol. The monoisotopic (exact) mass is 399 g/mol. The van der Waals surface area contributed by atoms with E-state index in [0.29, 0.717) is 11.4 Å². The molecule has 1 aromatic heterocycles. The number of sulfonamides is 1. The summed E-state index contributed by atoms with van der Waals surface area (Å²) in [5.41, 5.74) is -0.0312. The molecule has 0 spiro atoms. The predicted molar refractivity (Wildman–Crippen MR) is 93.8 cm³/mol. The Balaban J connectivity index is 1.79. The van der Waals surface area contributed by atoms with E-state index in [9.17, 15) is 8.42 Å². The van der Waals surface area contributed by atoms with Crippen molar-refractivity contribution < 1.29 is 8.42 Å². The number of thiophene rings is 1. The number of rotatable bonds is 5. The molecular weight excluding hydrogens is 382 g/mol. The summed E-state index contributed by atoms with van der Waals surface area (Å²) < 4.78 is 28.7.